The molecule has 0 saturated carbocycles. The molecule has 3 aromatic rings. The second-order valence-electron chi connectivity index (χ2n) is 7.35. The van der Waals surface area contributed by atoms with Crippen molar-refractivity contribution in [2.24, 2.45) is 0 Å². The minimum atomic E-state index is -0.517. The molecule has 1 N–H and O–H groups in total. The van der Waals surface area contributed by atoms with Gasteiger partial charge in [-0.2, -0.15) is 5.10 Å². The van der Waals surface area contributed by atoms with Crippen LogP contribution in [0.5, 0.6) is 0 Å². The molecule has 0 bridgehead atoms. The molecule has 156 valence electrons. The number of para-hydroxylation sites is 1. The first-order valence-corrected chi connectivity index (χ1v) is 10.3. The van der Waals surface area contributed by atoms with Gasteiger partial charge in [0.1, 0.15) is 5.76 Å². The number of hydrogen-bond donors (Lipinski definition) is 1. The summed E-state index contributed by atoms with van der Waals surface area (Å²) in [4.78, 5) is 27.6. The second kappa shape index (κ2) is 8.85. The fourth-order valence-electron chi connectivity index (χ4n) is 3.79. The van der Waals surface area contributed by atoms with Crippen molar-refractivity contribution in [3.8, 4) is 5.69 Å². The first kappa shape index (κ1) is 20.4. The molecule has 1 unspecified atom stereocenters. The average molecular weight is 427 g/mol. The maximum Gasteiger partial charge on any atom is 0.275 e. The van der Waals surface area contributed by atoms with Crippen LogP contribution >= 0.6 is 11.6 Å². The Labute approximate surface area is 179 Å². The SMILES string of the molecule is Cc1cc(=O)c(C(=O)NCC(c2ccco2)N2CCCC2)nn1-c1ccccc1Cl. The van der Waals surface area contributed by atoms with Gasteiger partial charge in [-0.3, -0.25) is 14.5 Å². The van der Waals surface area contributed by atoms with E-state index in [-0.39, 0.29) is 11.7 Å². The highest BCUT2D eigenvalue weighted by molar-refractivity contribution is 6.32. The van der Waals surface area contributed by atoms with E-state index in [0.717, 1.165) is 31.7 Å². The Balaban J connectivity index is 1.58. The molecule has 2 aromatic heterocycles. The lowest BCUT2D eigenvalue weighted by Crippen LogP contribution is -2.39. The smallest absolute Gasteiger partial charge is 0.275 e. The van der Waals surface area contributed by atoms with Crippen molar-refractivity contribution in [3.05, 3.63) is 81.1 Å². The zero-order chi connectivity index (χ0) is 21.1. The normalized spacial score (nSPS) is 15.3. The van der Waals surface area contributed by atoms with Gasteiger partial charge < -0.3 is 9.73 Å². The van der Waals surface area contributed by atoms with Crippen LogP contribution in [0.3, 0.4) is 0 Å². The van der Waals surface area contributed by atoms with E-state index in [4.69, 9.17) is 16.0 Å². The van der Waals surface area contributed by atoms with Crippen molar-refractivity contribution >= 4 is 17.5 Å². The van der Waals surface area contributed by atoms with Crippen molar-refractivity contribution in [3.63, 3.8) is 0 Å². The standard InChI is InChI=1S/C22H23ClN4O3/c1-15-13-19(28)21(25-27(15)17-8-3-2-7-16(17)23)22(29)24-14-18(20-9-6-12-30-20)26-10-4-5-11-26/h2-3,6-9,12-13,18H,4-5,10-11,14H2,1H3,(H,24,29). The summed E-state index contributed by atoms with van der Waals surface area (Å²) >= 11 is 6.28. The van der Waals surface area contributed by atoms with E-state index in [0.29, 0.717) is 22.9 Å². The summed E-state index contributed by atoms with van der Waals surface area (Å²) in [5, 5.41) is 7.66. The lowest BCUT2D eigenvalue weighted by atomic mass is 10.2. The van der Waals surface area contributed by atoms with Gasteiger partial charge in [-0.25, -0.2) is 4.68 Å². The Morgan fingerprint density at radius 3 is 2.70 bits per heavy atom. The van der Waals surface area contributed by atoms with E-state index in [1.807, 2.05) is 24.3 Å². The largest absolute Gasteiger partial charge is 0.468 e. The first-order chi connectivity index (χ1) is 14.5. The van der Waals surface area contributed by atoms with Crippen LogP contribution in [0.25, 0.3) is 5.69 Å². The van der Waals surface area contributed by atoms with Crippen LogP contribution < -0.4 is 10.7 Å². The summed E-state index contributed by atoms with van der Waals surface area (Å²) in [6, 6.07) is 12.2. The number of halogens is 1. The molecule has 0 spiro atoms. The Kier molecular flexibility index (Phi) is 6.01. The average Bonchev–Trinajstić information content (AvgIpc) is 3.44. The summed E-state index contributed by atoms with van der Waals surface area (Å²) in [6.07, 6.45) is 3.87. The first-order valence-electron chi connectivity index (χ1n) is 9.96. The third-order valence-electron chi connectivity index (χ3n) is 5.31. The van der Waals surface area contributed by atoms with E-state index >= 15 is 0 Å². The van der Waals surface area contributed by atoms with E-state index in [1.165, 1.54) is 10.7 Å². The number of hydrogen-bond acceptors (Lipinski definition) is 5. The topological polar surface area (TPSA) is 80.4 Å². The Hall–Kier alpha value is -2.90. The van der Waals surface area contributed by atoms with Crippen LogP contribution in [0.4, 0.5) is 0 Å². The molecule has 1 atom stereocenters. The highest BCUT2D eigenvalue weighted by Gasteiger charge is 2.27. The minimum Gasteiger partial charge on any atom is -0.468 e. The summed E-state index contributed by atoms with van der Waals surface area (Å²) in [5.74, 6) is 0.277. The number of aryl methyl sites for hydroxylation is 1. The molecule has 3 heterocycles. The number of benzene rings is 1. The monoisotopic (exact) mass is 426 g/mol. The number of nitrogens with zero attached hydrogens (tertiary/aromatic N) is 3. The number of amides is 1. The molecule has 30 heavy (non-hydrogen) atoms. The molecule has 1 saturated heterocycles. The Bertz CT molecular complexity index is 1090. The number of likely N-dealkylation sites (tertiary alicyclic amines) is 1. The zero-order valence-electron chi connectivity index (χ0n) is 16.7. The van der Waals surface area contributed by atoms with Crippen molar-refractivity contribution in [2.45, 2.75) is 25.8 Å². The van der Waals surface area contributed by atoms with E-state index in [9.17, 15) is 9.59 Å². The van der Waals surface area contributed by atoms with Gasteiger partial charge in [0.15, 0.2) is 5.69 Å². The summed E-state index contributed by atoms with van der Waals surface area (Å²) in [7, 11) is 0. The molecule has 1 fully saturated rings. The molecule has 0 radical (unpaired) electrons. The molecule has 1 aromatic carbocycles. The van der Waals surface area contributed by atoms with Gasteiger partial charge in [0.05, 0.1) is 23.0 Å². The highest BCUT2D eigenvalue weighted by atomic mass is 35.5. The fourth-order valence-corrected chi connectivity index (χ4v) is 4.00. The van der Waals surface area contributed by atoms with Crippen molar-refractivity contribution in [1.29, 1.82) is 0 Å². The third kappa shape index (κ3) is 4.17. The number of aromatic nitrogens is 2. The molecule has 0 aliphatic carbocycles. The predicted octanol–water partition coefficient (Wildman–Crippen LogP) is 3.35. The molecule has 7 nitrogen and oxygen atoms in total. The van der Waals surface area contributed by atoms with Crippen LogP contribution in [0.15, 0.2) is 57.9 Å². The highest BCUT2D eigenvalue weighted by Crippen LogP contribution is 2.25. The maximum atomic E-state index is 12.9. The Morgan fingerprint density at radius 2 is 2.00 bits per heavy atom. The number of furan rings is 1. The molecule has 1 aliphatic heterocycles. The summed E-state index contributed by atoms with van der Waals surface area (Å²) in [5.41, 5.74) is 0.607. The summed E-state index contributed by atoms with van der Waals surface area (Å²) < 4.78 is 7.10. The predicted molar refractivity (Wildman–Crippen MR) is 114 cm³/mol. The van der Waals surface area contributed by atoms with Crippen LogP contribution in [0.1, 0.15) is 40.8 Å². The Morgan fingerprint density at radius 1 is 1.23 bits per heavy atom. The van der Waals surface area contributed by atoms with Crippen LogP contribution in [-0.2, 0) is 0 Å². The number of carbonyl (C=O) groups excluding carboxylic acids is 1. The quantitative estimate of drug-likeness (QED) is 0.653. The van der Waals surface area contributed by atoms with Gasteiger partial charge in [-0.15, -0.1) is 0 Å². The van der Waals surface area contributed by atoms with E-state index in [1.54, 1.807) is 25.3 Å². The van der Waals surface area contributed by atoms with E-state index < -0.39 is 11.3 Å². The summed E-state index contributed by atoms with van der Waals surface area (Å²) in [6.45, 7) is 3.97. The van der Waals surface area contributed by atoms with Gasteiger partial charge in [0, 0.05) is 18.3 Å². The number of rotatable bonds is 6. The van der Waals surface area contributed by atoms with Gasteiger partial charge in [0.2, 0.25) is 5.43 Å². The van der Waals surface area contributed by atoms with Gasteiger partial charge in [-0.05, 0) is 57.1 Å². The lowest BCUT2D eigenvalue weighted by molar-refractivity contribution is 0.0926. The van der Waals surface area contributed by atoms with Crippen molar-refractivity contribution in [2.75, 3.05) is 19.6 Å². The molecule has 1 amide bonds. The van der Waals surface area contributed by atoms with Crippen LogP contribution in [0, 0.1) is 6.92 Å². The second-order valence-corrected chi connectivity index (χ2v) is 7.75. The van der Waals surface area contributed by atoms with Gasteiger partial charge >= 0.3 is 0 Å². The van der Waals surface area contributed by atoms with E-state index in [2.05, 4.69) is 15.3 Å². The number of carbonyl (C=O) groups is 1. The van der Waals surface area contributed by atoms with Crippen molar-refractivity contribution in [1.82, 2.24) is 20.0 Å². The van der Waals surface area contributed by atoms with Gasteiger partial charge in [0.25, 0.3) is 5.91 Å². The molecular weight excluding hydrogens is 404 g/mol. The minimum absolute atomic E-state index is 0.0808. The van der Waals surface area contributed by atoms with Crippen LogP contribution in [0.2, 0.25) is 5.02 Å². The van der Waals surface area contributed by atoms with Crippen molar-refractivity contribution < 1.29 is 9.21 Å². The molecule has 8 heteroatoms. The van der Waals surface area contributed by atoms with Crippen LogP contribution in [-0.4, -0.2) is 40.2 Å². The lowest BCUT2D eigenvalue weighted by Gasteiger charge is -2.25. The third-order valence-corrected chi connectivity index (χ3v) is 5.63. The molecule has 1 aliphatic rings. The fraction of sp³-hybridized carbons (Fsp3) is 0.318. The zero-order valence-corrected chi connectivity index (χ0v) is 17.4. The van der Waals surface area contributed by atoms with Gasteiger partial charge in [-0.1, -0.05) is 23.7 Å². The molecular formula is C22H23ClN4O3. The number of nitrogens with one attached hydrogen (secondary N) is 1. The maximum absolute atomic E-state index is 12.9. The molecule has 4 rings (SSSR count).